The van der Waals surface area contributed by atoms with Crippen LogP contribution in [0.1, 0.15) is 33.0 Å². The standard InChI is InChI=1S/C22H21N5O2/c1-16-11-12-23-22-25-20(26-27(16)22)21(28)24-13-18-9-5-6-10-19(18)15-29-14-17-7-3-2-4-8-17/h2-12H,13-15H2,1H3,(H,24,28). The van der Waals surface area contributed by atoms with Gasteiger partial charge in [-0.25, -0.2) is 9.50 Å². The molecule has 146 valence electrons. The van der Waals surface area contributed by atoms with Gasteiger partial charge in [-0.05, 0) is 29.7 Å². The lowest BCUT2D eigenvalue weighted by atomic mass is 10.1. The highest BCUT2D eigenvalue weighted by atomic mass is 16.5. The van der Waals surface area contributed by atoms with Crippen molar-refractivity contribution >= 4 is 11.7 Å². The van der Waals surface area contributed by atoms with Crippen LogP contribution in [-0.2, 0) is 24.5 Å². The third-order valence-electron chi connectivity index (χ3n) is 4.56. The van der Waals surface area contributed by atoms with Crippen LogP contribution in [-0.4, -0.2) is 25.5 Å². The maximum Gasteiger partial charge on any atom is 0.291 e. The molecular formula is C22H21N5O2. The van der Waals surface area contributed by atoms with Gasteiger partial charge in [0.1, 0.15) is 0 Å². The summed E-state index contributed by atoms with van der Waals surface area (Å²) >= 11 is 0. The summed E-state index contributed by atoms with van der Waals surface area (Å²) in [6, 6.07) is 19.7. The van der Waals surface area contributed by atoms with Gasteiger partial charge < -0.3 is 10.1 Å². The molecule has 4 rings (SSSR count). The second-order valence-electron chi connectivity index (χ2n) is 6.66. The van der Waals surface area contributed by atoms with Crippen molar-refractivity contribution in [2.24, 2.45) is 0 Å². The first-order chi connectivity index (χ1) is 14.2. The molecular weight excluding hydrogens is 366 g/mol. The topological polar surface area (TPSA) is 81.4 Å². The van der Waals surface area contributed by atoms with Crippen molar-refractivity contribution in [3.63, 3.8) is 0 Å². The van der Waals surface area contributed by atoms with E-state index in [9.17, 15) is 4.79 Å². The normalized spacial score (nSPS) is 10.9. The smallest absolute Gasteiger partial charge is 0.291 e. The molecule has 0 saturated heterocycles. The highest BCUT2D eigenvalue weighted by Crippen LogP contribution is 2.12. The number of aromatic nitrogens is 4. The van der Waals surface area contributed by atoms with Crippen LogP contribution in [0.25, 0.3) is 5.78 Å². The molecule has 0 aliphatic carbocycles. The van der Waals surface area contributed by atoms with E-state index in [-0.39, 0.29) is 11.7 Å². The zero-order valence-electron chi connectivity index (χ0n) is 16.1. The number of ether oxygens (including phenoxy) is 1. The molecule has 0 fully saturated rings. The fourth-order valence-electron chi connectivity index (χ4n) is 2.98. The average Bonchev–Trinajstić information content (AvgIpc) is 3.20. The van der Waals surface area contributed by atoms with Gasteiger partial charge in [-0.15, -0.1) is 5.10 Å². The molecule has 0 aliphatic rings. The van der Waals surface area contributed by atoms with Crippen LogP contribution in [0.15, 0.2) is 66.9 Å². The molecule has 7 nitrogen and oxygen atoms in total. The van der Waals surface area contributed by atoms with Gasteiger partial charge in [0.25, 0.3) is 11.7 Å². The van der Waals surface area contributed by atoms with Gasteiger partial charge in [0.05, 0.1) is 13.2 Å². The molecule has 0 radical (unpaired) electrons. The molecule has 2 aromatic heterocycles. The number of nitrogens with one attached hydrogen (secondary N) is 1. The Morgan fingerprint density at radius 3 is 2.55 bits per heavy atom. The Bertz CT molecular complexity index is 1120. The van der Waals surface area contributed by atoms with Crippen LogP contribution < -0.4 is 5.32 Å². The Labute approximate surface area is 168 Å². The number of hydrogen-bond donors (Lipinski definition) is 1. The van der Waals surface area contributed by atoms with Crippen LogP contribution in [0.2, 0.25) is 0 Å². The minimum atomic E-state index is -0.338. The number of carbonyl (C=O) groups excluding carboxylic acids is 1. The van der Waals surface area contributed by atoms with Crippen molar-refractivity contribution in [2.75, 3.05) is 0 Å². The first-order valence-corrected chi connectivity index (χ1v) is 9.36. The number of carbonyl (C=O) groups is 1. The van der Waals surface area contributed by atoms with Crippen LogP contribution >= 0.6 is 0 Å². The van der Waals surface area contributed by atoms with E-state index in [4.69, 9.17) is 4.74 Å². The summed E-state index contributed by atoms with van der Waals surface area (Å²) in [5.41, 5.74) is 4.01. The number of rotatable bonds is 7. The molecule has 0 bridgehead atoms. The minimum Gasteiger partial charge on any atom is -0.372 e. The molecule has 0 atom stereocenters. The van der Waals surface area contributed by atoms with E-state index in [0.717, 1.165) is 22.4 Å². The van der Waals surface area contributed by atoms with Crippen LogP contribution in [0, 0.1) is 6.92 Å². The average molecular weight is 387 g/mol. The Hall–Kier alpha value is -3.58. The number of hydrogen-bond acceptors (Lipinski definition) is 5. The molecule has 1 amide bonds. The maximum atomic E-state index is 12.5. The van der Waals surface area contributed by atoms with Crippen LogP contribution in [0.5, 0.6) is 0 Å². The minimum absolute atomic E-state index is 0.101. The fraction of sp³-hybridized carbons (Fsp3) is 0.182. The number of nitrogens with zero attached hydrogens (tertiary/aromatic N) is 4. The largest absolute Gasteiger partial charge is 0.372 e. The predicted molar refractivity (Wildman–Crippen MR) is 108 cm³/mol. The number of benzene rings is 2. The lowest BCUT2D eigenvalue weighted by Crippen LogP contribution is -2.24. The first-order valence-electron chi connectivity index (χ1n) is 9.36. The molecule has 0 unspecified atom stereocenters. The van der Waals surface area contributed by atoms with Crippen molar-refractivity contribution in [1.29, 1.82) is 0 Å². The molecule has 7 heteroatoms. The summed E-state index contributed by atoms with van der Waals surface area (Å²) in [7, 11) is 0. The highest BCUT2D eigenvalue weighted by molar-refractivity contribution is 5.90. The molecule has 0 aliphatic heterocycles. The van der Waals surface area contributed by atoms with Crippen molar-refractivity contribution < 1.29 is 9.53 Å². The SMILES string of the molecule is Cc1ccnc2nc(C(=O)NCc3ccccc3COCc3ccccc3)nn12. The van der Waals surface area contributed by atoms with E-state index in [0.29, 0.717) is 25.5 Å². The summed E-state index contributed by atoms with van der Waals surface area (Å²) in [4.78, 5) is 20.8. The summed E-state index contributed by atoms with van der Waals surface area (Å²) in [5.74, 6) is 0.171. The van der Waals surface area contributed by atoms with Gasteiger partial charge in [0.2, 0.25) is 5.82 Å². The van der Waals surface area contributed by atoms with Gasteiger partial charge in [-0.3, -0.25) is 4.79 Å². The van der Waals surface area contributed by atoms with Crippen molar-refractivity contribution in [1.82, 2.24) is 24.9 Å². The van der Waals surface area contributed by atoms with E-state index in [1.54, 1.807) is 10.7 Å². The zero-order valence-corrected chi connectivity index (χ0v) is 16.1. The third-order valence-corrected chi connectivity index (χ3v) is 4.56. The summed E-state index contributed by atoms with van der Waals surface area (Å²) in [6.45, 7) is 3.26. The summed E-state index contributed by atoms with van der Waals surface area (Å²) in [5, 5.41) is 7.12. The maximum absolute atomic E-state index is 12.5. The number of fused-ring (bicyclic) bond motifs is 1. The van der Waals surface area contributed by atoms with E-state index in [1.807, 2.05) is 67.6 Å². The molecule has 0 saturated carbocycles. The molecule has 1 N–H and O–H groups in total. The number of aryl methyl sites for hydroxylation is 1. The Balaban J connectivity index is 1.39. The molecule has 0 spiro atoms. The van der Waals surface area contributed by atoms with E-state index < -0.39 is 0 Å². The lowest BCUT2D eigenvalue weighted by molar-refractivity contribution is 0.0937. The van der Waals surface area contributed by atoms with Crippen LogP contribution in [0.3, 0.4) is 0 Å². The number of amides is 1. The van der Waals surface area contributed by atoms with E-state index >= 15 is 0 Å². The fourth-order valence-corrected chi connectivity index (χ4v) is 2.98. The Morgan fingerprint density at radius 2 is 1.76 bits per heavy atom. The first kappa shape index (κ1) is 18.8. The molecule has 2 aromatic carbocycles. The Kier molecular flexibility index (Phi) is 5.58. The quantitative estimate of drug-likeness (QED) is 0.527. The van der Waals surface area contributed by atoms with Crippen LogP contribution in [0.4, 0.5) is 0 Å². The summed E-state index contributed by atoms with van der Waals surface area (Å²) in [6.07, 6.45) is 1.65. The van der Waals surface area contributed by atoms with Crippen molar-refractivity contribution in [3.05, 3.63) is 95.1 Å². The lowest BCUT2D eigenvalue weighted by Gasteiger charge is -2.11. The zero-order chi connectivity index (χ0) is 20.1. The highest BCUT2D eigenvalue weighted by Gasteiger charge is 2.14. The van der Waals surface area contributed by atoms with E-state index in [1.165, 1.54) is 0 Å². The Morgan fingerprint density at radius 1 is 1.00 bits per heavy atom. The van der Waals surface area contributed by atoms with Gasteiger partial charge in [0.15, 0.2) is 0 Å². The second kappa shape index (κ2) is 8.62. The molecule has 29 heavy (non-hydrogen) atoms. The molecule has 4 aromatic rings. The third kappa shape index (κ3) is 4.47. The predicted octanol–water partition coefficient (Wildman–Crippen LogP) is 3.08. The van der Waals surface area contributed by atoms with E-state index in [2.05, 4.69) is 20.4 Å². The second-order valence-corrected chi connectivity index (χ2v) is 6.66. The van der Waals surface area contributed by atoms with Gasteiger partial charge in [0, 0.05) is 18.4 Å². The van der Waals surface area contributed by atoms with Crippen molar-refractivity contribution in [2.45, 2.75) is 26.7 Å². The van der Waals surface area contributed by atoms with Gasteiger partial charge in [-0.2, -0.15) is 4.98 Å². The van der Waals surface area contributed by atoms with Crippen molar-refractivity contribution in [3.8, 4) is 0 Å². The monoisotopic (exact) mass is 387 g/mol. The molecule has 2 heterocycles. The summed E-state index contributed by atoms with van der Waals surface area (Å²) < 4.78 is 7.40. The van der Waals surface area contributed by atoms with Gasteiger partial charge in [-0.1, -0.05) is 54.6 Å². The van der Waals surface area contributed by atoms with Gasteiger partial charge >= 0.3 is 0 Å².